The van der Waals surface area contributed by atoms with E-state index >= 15 is 0 Å². The van der Waals surface area contributed by atoms with Crippen LogP contribution in [0.3, 0.4) is 0 Å². The third kappa shape index (κ3) is 3.60. The Morgan fingerprint density at radius 2 is 2.00 bits per heavy atom. The summed E-state index contributed by atoms with van der Waals surface area (Å²) in [5.74, 6) is -0.0253. The first-order valence-electron chi connectivity index (χ1n) is 8.05. The third-order valence-corrected chi connectivity index (χ3v) is 5.07. The van der Waals surface area contributed by atoms with Gasteiger partial charge in [-0.2, -0.15) is 0 Å². The zero-order valence-corrected chi connectivity index (χ0v) is 15.0. The first-order valence-corrected chi connectivity index (χ1v) is 8.87. The average Bonchev–Trinajstić information content (AvgIpc) is 3.00. The second-order valence-corrected chi connectivity index (χ2v) is 8.23. The van der Waals surface area contributed by atoms with Gasteiger partial charge in [0, 0.05) is 6.54 Å². The van der Waals surface area contributed by atoms with Crippen molar-refractivity contribution in [3.63, 3.8) is 0 Å². The molecule has 1 aliphatic rings. The van der Waals surface area contributed by atoms with E-state index < -0.39 is 0 Å². The van der Waals surface area contributed by atoms with Crippen LogP contribution >= 0.6 is 11.3 Å². The van der Waals surface area contributed by atoms with Gasteiger partial charge in [-0.1, -0.05) is 62.4 Å². The molecule has 0 spiro atoms. The fourth-order valence-electron chi connectivity index (χ4n) is 2.80. The molecule has 2 atom stereocenters. The highest BCUT2D eigenvalue weighted by atomic mass is 32.1. The van der Waals surface area contributed by atoms with E-state index in [9.17, 15) is 4.79 Å². The lowest BCUT2D eigenvalue weighted by molar-refractivity contribution is -0.119. The van der Waals surface area contributed by atoms with Gasteiger partial charge in [0.05, 0.1) is 18.8 Å². The van der Waals surface area contributed by atoms with E-state index in [0.717, 1.165) is 5.56 Å². The molecule has 2 aromatic rings. The number of hydrogen-bond acceptors (Lipinski definition) is 5. The van der Waals surface area contributed by atoms with Crippen LogP contribution in [-0.4, -0.2) is 35.0 Å². The summed E-state index contributed by atoms with van der Waals surface area (Å²) in [5, 5.41) is 0.415. The number of nitrogens with zero attached hydrogens (tertiary/aromatic N) is 2. The average molecular weight is 345 g/mol. The summed E-state index contributed by atoms with van der Waals surface area (Å²) in [6.07, 6.45) is 1.39. The Kier molecular flexibility index (Phi) is 4.60. The number of nitrogen functional groups attached to an aromatic ring is 1. The lowest BCUT2D eigenvalue weighted by atomic mass is 9.87. The smallest absolute Gasteiger partial charge is 0.265 e. The van der Waals surface area contributed by atoms with Gasteiger partial charge in [0.15, 0.2) is 5.13 Å². The summed E-state index contributed by atoms with van der Waals surface area (Å²) in [6, 6.07) is 10.1. The highest BCUT2D eigenvalue weighted by molar-refractivity contribution is 7.17. The van der Waals surface area contributed by atoms with Gasteiger partial charge in [0.2, 0.25) is 0 Å². The molecule has 0 unspecified atom stereocenters. The molecule has 1 aromatic heterocycles. The molecule has 0 bridgehead atoms. The molecular formula is C18H23N3O2S. The molecular weight excluding hydrogens is 322 g/mol. The molecule has 2 heterocycles. The van der Waals surface area contributed by atoms with Crippen LogP contribution in [0.1, 0.15) is 42.1 Å². The topological polar surface area (TPSA) is 68.5 Å². The molecule has 1 amide bonds. The highest BCUT2D eigenvalue weighted by Crippen LogP contribution is 2.34. The molecule has 2 N–H and O–H groups in total. The molecule has 1 aliphatic heterocycles. The Morgan fingerprint density at radius 1 is 1.29 bits per heavy atom. The molecule has 0 saturated carbocycles. The Bertz CT molecular complexity index is 709. The molecule has 0 radical (unpaired) electrons. The van der Waals surface area contributed by atoms with Gasteiger partial charge in [-0.25, -0.2) is 4.98 Å². The van der Waals surface area contributed by atoms with Gasteiger partial charge in [0.1, 0.15) is 11.0 Å². The summed E-state index contributed by atoms with van der Waals surface area (Å²) < 4.78 is 6.33. The largest absolute Gasteiger partial charge is 0.375 e. The van der Waals surface area contributed by atoms with Gasteiger partial charge >= 0.3 is 0 Å². The third-order valence-electron chi connectivity index (χ3n) is 4.26. The fourth-order valence-corrected chi connectivity index (χ4v) is 3.45. The van der Waals surface area contributed by atoms with Crippen LogP contribution in [0.4, 0.5) is 5.13 Å². The van der Waals surface area contributed by atoms with E-state index in [4.69, 9.17) is 10.5 Å². The Hall–Kier alpha value is -1.92. The summed E-state index contributed by atoms with van der Waals surface area (Å²) in [7, 11) is 0. The van der Waals surface area contributed by atoms with E-state index in [1.54, 1.807) is 6.20 Å². The van der Waals surface area contributed by atoms with Gasteiger partial charge < -0.3 is 15.4 Å². The van der Waals surface area contributed by atoms with E-state index in [1.165, 1.54) is 11.3 Å². The number of carbonyl (C=O) groups excluding carboxylic acids is 1. The number of rotatable bonds is 2. The van der Waals surface area contributed by atoms with Gasteiger partial charge in [0.25, 0.3) is 5.91 Å². The van der Waals surface area contributed by atoms with E-state index in [2.05, 4.69) is 25.8 Å². The van der Waals surface area contributed by atoms with Crippen molar-refractivity contribution in [2.45, 2.75) is 33.0 Å². The predicted octanol–water partition coefficient (Wildman–Crippen LogP) is 3.35. The number of thiazole rings is 1. The number of amides is 1. The van der Waals surface area contributed by atoms with Gasteiger partial charge in [-0.3, -0.25) is 4.79 Å². The molecule has 1 aromatic carbocycles. The molecule has 5 nitrogen and oxygen atoms in total. The monoisotopic (exact) mass is 345 g/mol. The van der Waals surface area contributed by atoms with Gasteiger partial charge in [-0.05, 0) is 11.0 Å². The molecule has 6 heteroatoms. The van der Waals surface area contributed by atoms with E-state index in [-0.39, 0.29) is 23.5 Å². The van der Waals surface area contributed by atoms with Crippen molar-refractivity contribution in [2.24, 2.45) is 5.41 Å². The summed E-state index contributed by atoms with van der Waals surface area (Å²) in [6.45, 7) is 7.52. The predicted molar refractivity (Wildman–Crippen MR) is 95.9 cm³/mol. The minimum atomic E-state index is -0.126. The van der Waals surface area contributed by atoms with Crippen molar-refractivity contribution < 1.29 is 9.53 Å². The van der Waals surface area contributed by atoms with Crippen LogP contribution in [0.15, 0.2) is 36.5 Å². The maximum atomic E-state index is 12.8. The van der Waals surface area contributed by atoms with Crippen LogP contribution in [0.2, 0.25) is 0 Å². The second-order valence-electron chi connectivity index (χ2n) is 7.16. The van der Waals surface area contributed by atoms with Crippen molar-refractivity contribution in [3.8, 4) is 0 Å². The maximum Gasteiger partial charge on any atom is 0.265 e. The molecule has 3 rings (SSSR count). The SMILES string of the molecule is CC(C)(C)[C@H]1CN(C(=O)c2cnc(N)s2)C[C@@H](c2ccccc2)O1. The Labute approximate surface area is 146 Å². The maximum absolute atomic E-state index is 12.8. The zero-order valence-electron chi connectivity index (χ0n) is 14.2. The van der Waals surface area contributed by atoms with Crippen molar-refractivity contribution in [1.29, 1.82) is 0 Å². The van der Waals surface area contributed by atoms with Crippen LogP contribution in [0, 0.1) is 5.41 Å². The lowest BCUT2D eigenvalue weighted by Crippen LogP contribution is -2.51. The fraction of sp³-hybridized carbons (Fsp3) is 0.444. The van der Waals surface area contributed by atoms with Crippen LogP contribution in [-0.2, 0) is 4.74 Å². The Morgan fingerprint density at radius 3 is 2.58 bits per heavy atom. The Balaban J connectivity index is 1.87. The summed E-state index contributed by atoms with van der Waals surface area (Å²) >= 11 is 1.23. The lowest BCUT2D eigenvalue weighted by Gasteiger charge is -2.43. The quantitative estimate of drug-likeness (QED) is 0.906. The number of benzene rings is 1. The minimum Gasteiger partial charge on any atom is -0.375 e. The summed E-state index contributed by atoms with van der Waals surface area (Å²) in [5.41, 5.74) is 6.71. The van der Waals surface area contributed by atoms with Crippen LogP contribution in [0.25, 0.3) is 0 Å². The summed E-state index contributed by atoms with van der Waals surface area (Å²) in [4.78, 5) is 19.3. The number of anilines is 1. The number of morpholine rings is 1. The minimum absolute atomic E-state index is 0.0253. The number of hydrogen-bond donors (Lipinski definition) is 1. The van der Waals surface area contributed by atoms with Crippen molar-refractivity contribution in [3.05, 3.63) is 47.0 Å². The van der Waals surface area contributed by atoms with Crippen molar-refractivity contribution >= 4 is 22.4 Å². The number of carbonyl (C=O) groups is 1. The van der Waals surface area contributed by atoms with E-state index in [1.807, 2.05) is 35.2 Å². The second kappa shape index (κ2) is 6.53. The van der Waals surface area contributed by atoms with Crippen LogP contribution < -0.4 is 5.73 Å². The normalized spacial score (nSPS) is 21.7. The number of ether oxygens (including phenoxy) is 1. The molecule has 0 aliphatic carbocycles. The van der Waals surface area contributed by atoms with Crippen LogP contribution in [0.5, 0.6) is 0 Å². The van der Waals surface area contributed by atoms with Gasteiger partial charge in [-0.15, -0.1) is 0 Å². The highest BCUT2D eigenvalue weighted by Gasteiger charge is 2.38. The standard InChI is InChI=1S/C18H23N3O2S/c1-18(2,3)15-11-21(16(22)14-9-20-17(19)24-14)10-13(23-15)12-7-5-4-6-8-12/h4-9,13,15H,10-11H2,1-3H3,(H2,19,20)/t13-,15+/m0/s1. The number of aromatic nitrogens is 1. The first kappa shape index (κ1) is 16.9. The zero-order chi connectivity index (χ0) is 17.3. The molecule has 24 heavy (non-hydrogen) atoms. The van der Waals surface area contributed by atoms with Crippen molar-refractivity contribution in [1.82, 2.24) is 9.88 Å². The van der Waals surface area contributed by atoms with Crippen molar-refractivity contribution in [2.75, 3.05) is 18.8 Å². The first-order chi connectivity index (χ1) is 11.3. The molecule has 128 valence electrons. The number of nitrogens with two attached hydrogens (primary N) is 1. The van der Waals surface area contributed by atoms with E-state index in [0.29, 0.717) is 23.1 Å². The molecule has 1 saturated heterocycles. The molecule has 1 fully saturated rings.